The average molecular weight is 420 g/mol. The zero-order chi connectivity index (χ0) is 19.7. The highest BCUT2D eigenvalue weighted by molar-refractivity contribution is 7.22. The lowest BCUT2D eigenvalue weighted by Crippen LogP contribution is -2.32. The Bertz CT molecular complexity index is 1080. The van der Waals surface area contributed by atoms with Gasteiger partial charge in [-0.3, -0.25) is 4.99 Å². The number of rotatable bonds is 5. The Morgan fingerprint density at radius 1 is 1.36 bits per heavy atom. The molecule has 0 saturated carbocycles. The van der Waals surface area contributed by atoms with Crippen molar-refractivity contribution in [3.63, 3.8) is 0 Å². The van der Waals surface area contributed by atoms with E-state index in [0.717, 1.165) is 4.70 Å². The summed E-state index contributed by atoms with van der Waals surface area (Å²) in [6.45, 7) is -0.169. The van der Waals surface area contributed by atoms with Crippen LogP contribution in [0.1, 0.15) is 0 Å². The van der Waals surface area contributed by atoms with Gasteiger partial charge in [0.15, 0.2) is 5.82 Å². The van der Waals surface area contributed by atoms with Crippen LogP contribution in [0.15, 0.2) is 47.4 Å². The third kappa shape index (κ3) is 3.57. The quantitative estimate of drug-likeness (QED) is 0.507. The number of aliphatic imine (C=N–C) groups is 1. The highest BCUT2D eigenvalue weighted by Gasteiger charge is 2.18. The number of pyridine rings is 1. The maximum atomic E-state index is 14.3. The molecular weight excluding hydrogens is 405 g/mol. The van der Waals surface area contributed by atoms with E-state index in [0.29, 0.717) is 27.9 Å². The van der Waals surface area contributed by atoms with E-state index < -0.39 is 18.5 Å². The summed E-state index contributed by atoms with van der Waals surface area (Å²) in [5, 5.41) is 25.8. The van der Waals surface area contributed by atoms with Crippen molar-refractivity contribution in [2.75, 3.05) is 18.6 Å². The van der Waals surface area contributed by atoms with E-state index >= 15 is 0 Å². The zero-order valence-corrected chi connectivity index (χ0v) is 15.9. The van der Waals surface area contributed by atoms with E-state index in [-0.39, 0.29) is 17.3 Å². The molecule has 1 unspecified atom stereocenters. The fourth-order valence-corrected chi connectivity index (χ4v) is 4.09. The van der Waals surface area contributed by atoms with Gasteiger partial charge in [-0.15, -0.1) is 11.3 Å². The lowest BCUT2D eigenvalue weighted by Gasteiger charge is -2.18. The second-order valence-electron chi connectivity index (χ2n) is 5.92. The third-order valence-electron chi connectivity index (χ3n) is 4.07. The Kier molecular flexibility index (Phi) is 5.23. The number of halogens is 2. The van der Waals surface area contributed by atoms with E-state index in [2.05, 4.69) is 25.6 Å². The molecule has 0 bridgehead atoms. The number of hydrogen-bond donors (Lipinski definition) is 4. The number of hydrogen-bond acceptors (Lipinski definition) is 8. The Morgan fingerprint density at radius 3 is 3.00 bits per heavy atom. The van der Waals surface area contributed by atoms with E-state index in [1.807, 2.05) is 0 Å². The maximum Gasteiger partial charge on any atom is 0.151 e. The van der Waals surface area contributed by atoms with Crippen LogP contribution in [-0.2, 0) is 0 Å². The third-order valence-corrected chi connectivity index (χ3v) is 5.48. The molecule has 3 aromatic rings. The highest BCUT2D eigenvalue weighted by Crippen LogP contribution is 2.38. The highest BCUT2D eigenvalue weighted by atomic mass is 35.5. The summed E-state index contributed by atoms with van der Waals surface area (Å²) in [5.41, 5.74) is 1.27. The van der Waals surface area contributed by atoms with Crippen molar-refractivity contribution >= 4 is 44.7 Å². The van der Waals surface area contributed by atoms with Gasteiger partial charge in [0.2, 0.25) is 0 Å². The Balaban J connectivity index is 1.71. The van der Waals surface area contributed by atoms with Crippen molar-refractivity contribution in [1.82, 2.24) is 15.3 Å². The molecule has 0 amide bonds. The number of aliphatic hydroxyl groups is 2. The van der Waals surface area contributed by atoms with Gasteiger partial charge in [-0.1, -0.05) is 17.7 Å². The molecule has 4 rings (SSSR count). The minimum absolute atomic E-state index is 0.250. The fourth-order valence-electron chi connectivity index (χ4n) is 2.72. The van der Waals surface area contributed by atoms with Gasteiger partial charge < -0.3 is 20.8 Å². The summed E-state index contributed by atoms with van der Waals surface area (Å²) in [7, 11) is 0. The fraction of sp³-hybridized carbons (Fsp3) is 0.167. The van der Waals surface area contributed by atoms with Crippen molar-refractivity contribution in [3.05, 3.63) is 53.2 Å². The van der Waals surface area contributed by atoms with Crippen molar-refractivity contribution in [2.45, 2.75) is 6.10 Å². The Morgan fingerprint density at radius 2 is 2.21 bits per heavy atom. The molecule has 144 valence electrons. The first kappa shape index (κ1) is 18.8. The van der Waals surface area contributed by atoms with E-state index in [4.69, 9.17) is 16.7 Å². The lowest BCUT2D eigenvalue weighted by molar-refractivity contribution is 0.145. The lowest BCUT2D eigenvalue weighted by atomic mass is 10.2. The number of nitrogens with one attached hydrogen (secondary N) is 2. The molecule has 1 aliphatic heterocycles. The second kappa shape index (κ2) is 7.80. The summed E-state index contributed by atoms with van der Waals surface area (Å²) < 4.78 is 15.0. The minimum atomic E-state index is -1.05. The molecule has 1 atom stereocenters. The monoisotopic (exact) mass is 419 g/mol. The Labute approximate surface area is 168 Å². The number of thiazole rings is 1. The van der Waals surface area contributed by atoms with E-state index in [9.17, 15) is 9.50 Å². The molecule has 1 aliphatic rings. The van der Waals surface area contributed by atoms with Gasteiger partial charge in [-0.2, -0.15) is 0 Å². The van der Waals surface area contributed by atoms with Gasteiger partial charge in [-0.05, 0) is 18.2 Å². The minimum Gasteiger partial charge on any atom is -0.393 e. The molecule has 10 heteroatoms. The van der Waals surface area contributed by atoms with E-state index in [1.54, 1.807) is 30.5 Å². The van der Waals surface area contributed by atoms with Gasteiger partial charge in [0.25, 0.3) is 0 Å². The van der Waals surface area contributed by atoms with Gasteiger partial charge >= 0.3 is 0 Å². The maximum absolute atomic E-state index is 14.3. The number of aromatic nitrogens is 2. The molecular formula is C18H15ClFN5O2S. The van der Waals surface area contributed by atoms with Crippen molar-refractivity contribution in [1.29, 1.82) is 0 Å². The summed E-state index contributed by atoms with van der Waals surface area (Å²) in [6.07, 6.45) is 2.14. The molecule has 4 N–H and O–H groups in total. The number of nitrogens with zero attached hydrogens (tertiary/aromatic N) is 3. The van der Waals surface area contributed by atoms with Gasteiger partial charge in [-0.25, -0.2) is 14.4 Å². The van der Waals surface area contributed by atoms with Crippen molar-refractivity contribution < 1.29 is 14.6 Å². The summed E-state index contributed by atoms with van der Waals surface area (Å²) in [6, 6.07) is 6.24. The van der Waals surface area contributed by atoms with Gasteiger partial charge in [0, 0.05) is 12.3 Å². The number of fused-ring (bicyclic) bond motifs is 1. The van der Waals surface area contributed by atoms with Crippen molar-refractivity contribution in [3.8, 4) is 10.6 Å². The largest absolute Gasteiger partial charge is 0.393 e. The van der Waals surface area contributed by atoms with Crippen LogP contribution in [0.25, 0.3) is 20.8 Å². The molecule has 28 heavy (non-hydrogen) atoms. The normalized spacial score (nSPS) is 15.0. The van der Waals surface area contributed by atoms with Crippen LogP contribution >= 0.6 is 22.9 Å². The SMILES string of the molecule is OCC(O)C1=NCNC(Nc2nccc3nc(-c4c(F)cccc4Cl)sc23)=C1. The van der Waals surface area contributed by atoms with Crippen LogP contribution in [0, 0.1) is 5.82 Å². The van der Waals surface area contributed by atoms with Gasteiger partial charge in [0.05, 0.1) is 33.1 Å². The molecule has 0 radical (unpaired) electrons. The van der Waals surface area contributed by atoms with Crippen LogP contribution in [0.5, 0.6) is 0 Å². The molecule has 1 aromatic carbocycles. The first-order chi connectivity index (χ1) is 13.6. The summed E-state index contributed by atoms with van der Waals surface area (Å²) in [4.78, 5) is 12.9. The smallest absolute Gasteiger partial charge is 0.151 e. The van der Waals surface area contributed by atoms with Crippen LogP contribution in [-0.4, -0.2) is 45.3 Å². The number of benzene rings is 1. The average Bonchev–Trinajstić information content (AvgIpc) is 3.12. The molecule has 7 nitrogen and oxygen atoms in total. The summed E-state index contributed by atoms with van der Waals surface area (Å²) in [5.74, 6) is 0.646. The zero-order valence-electron chi connectivity index (χ0n) is 14.4. The topological polar surface area (TPSA) is 103 Å². The molecule has 3 heterocycles. The molecule has 2 aromatic heterocycles. The molecule has 0 spiro atoms. The van der Waals surface area contributed by atoms with E-state index in [1.165, 1.54) is 17.4 Å². The van der Waals surface area contributed by atoms with Crippen LogP contribution < -0.4 is 10.6 Å². The second-order valence-corrected chi connectivity index (χ2v) is 7.33. The summed E-state index contributed by atoms with van der Waals surface area (Å²) >= 11 is 7.44. The predicted molar refractivity (Wildman–Crippen MR) is 108 cm³/mol. The predicted octanol–water partition coefficient (Wildman–Crippen LogP) is 2.76. The van der Waals surface area contributed by atoms with Crippen LogP contribution in [0.4, 0.5) is 10.2 Å². The number of aliphatic hydroxyl groups excluding tert-OH is 2. The number of anilines is 1. The van der Waals surface area contributed by atoms with Crippen molar-refractivity contribution in [2.24, 2.45) is 4.99 Å². The standard InChI is InChI=1S/C18H15ClFN5O2S/c19-9-2-1-3-10(20)15(9)18-24-11-4-5-21-17(16(11)28-18)25-14-6-12(13(27)7-26)22-8-23-14/h1-6,13,23,26-27H,7-8H2,(H,21,25). The first-order valence-electron chi connectivity index (χ1n) is 8.32. The Hall–Kier alpha value is -2.59. The molecule has 0 aliphatic carbocycles. The molecule has 0 fully saturated rings. The van der Waals surface area contributed by atoms with Crippen LogP contribution in [0.3, 0.4) is 0 Å². The van der Waals surface area contributed by atoms with Crippen LogP contribution in [0.2, 0.25) is 5.02 Å². The first-order valence-corrected chi connectivity index (χ1v) is 9.52. The molecule has 0 saturated heterocycles. The van der Waals surface area contributed by atoms with Gasteiger partial charge in [0.1, 0.15) is 29.4 Å².